The van der Waals surface area contributed by atoms with E-state index in [4.69, 9.17) is 5.73 Å². The van der Waals surface area contributed by atoms with Crippen LogP contribution in [0.15, 0.2) is 40.6 Å². The minimum Gasteiger partial charge on any atom is -0.329 e. The number of amides is 1. The number of halogens is 1. The van der Waals surface area contributed by atoms with Crippen LogP contribution in [0.5, 0.6) is 0 Å². The van der Waals surface area contributed by atoms with Crippen molar-refractivity contribution in [3.05, 3.63) is 36.4 Å². The molecule has 0 saturated heterocycles. The molecule has 7 heteroatoms. The standard InChI is InChI=1S/C17H21FN4OS/c1-22-8-7-20-17(22)24-15-6-5-12(18)10-14(15)21-16(23)11-3-2-4-13(19)9-11/h5-8,10-11,13H,2-4,9,19H2,1H3,(H,21,23). The van der Waals surface area contributed by atoms with Crippen LogP contribution < -0.4 is 11.1 Å². The van der Waals surface area contributed by atoms with E-state index in [0.29, 0.717) is 12.1 Å². The SMILES string of the molecule is Cn1ccnc1Sc1ccc(F)cc1NC(=O)C1CCCC(N)C1. The lowest BCUT2D eigenvalue weighted by Crippen LogP contribution is -2.34. The highest BCUT2D eigenvalue weighted by Gasteiger charge is 2.26. The summed E-state index contributed by atoms with van der Waals surface area (Å²) in [5.41, 5.74) is 6.44. The van der Waals surface area contributed by atoms with Gasteiger partial charge in [-0.3, -0.25) is 4.79 Å². The van der Waals surface area contributed by atoms with Gasteiger partial charge in [0.2, 0.25) is 5.91 Å². The number of aryl methyl sites for hydroxylation is 1. The number of hydrogen-bond acceptors (Lipinski definition) is 4. The lowest BCUT2D eigenvalue weighted by atomic mass is 9.85. The van der Waals surface area contributed by atoms with E-state index in [1.54, 1.807) is 12.3 Å². The van der Waals surface area contributed by atoms with Crippen molar-refractivity contribution in [3.8, 4) is 0 Å². The van der Waals surface area contributed by atoms with Crippen LogP contribution in [0.25, 0.3) is 0 Å². The predicted molar refractivity (Wildman–Crippen MR) is 92.3 cm³/mol. The molecule has 1 fully saturated rings. The topological polar surface area (TPSA) is 72.9 Å². The Morgan fingerprint density at radius 3 is 3.00 bits per heavy atom. The fourth-order valence-corrected chi connectivity index (χ4v) is 3.81. The first kappa shape index (κ1) is 17.0. The largest absolute Gasteiger partial charge is 0.329 e. The Labute approximate surface area is 144 Å². The van der Waals surface area contributed by atoms with Crippen molar-refractivity contribution in [1.82, 2.24) is 9.55 Å². The van der Waals surface area contributed by atoms with Gasteiger partial charge in [0, 0.05) is 36.3 Å². The Morgan fingerprint density at radius 1 is 1.46 bits per heavy atom. The normalized spacial score (nSPS) is 20.8. The summed E-state index contributed by atoms with van der Waals surface area (Å²) in [5, 5.41) is 3.66. The number of nitrogens with one attached hydrogen (secondary N) is 1. The third-order valence-electron chi connectivity index (χ3n) is 4.26. The molecule has 0 bridgehead atoms. The molecule has 1 aliphatic carbocycles. The number of carbonyl (C=O) groups is 1. The van der Waals surface area contributed by atoms with Gasteiger partial charge < -0.3 is 15.6 Å². The number of aromatic nitrogens is 2. The monoisotopic (exact) mass is 348 g/mol. The van der Waals surface area contributed by atoms with Crippen molar-refractivity contribution in [3.63, 3.8) is 0 Å². The zero-order valence-corrected chi connectivity index (χ0v) is 14.4. The first-order valence-electron chi connectivity index (χ1n) is 8.04. The van der Waals surface area contributed by atoms with Gasteiger partial charge in [-0.15, -0.1) is 0 Å². The first-order valence-corrected chi connectivity index (χ1v) is 8.86. The molecule has 128 valence electrons. The van der Waals surface area contributed by atoms with Crippen molar-refractivity contribution >= 4 is 23.4 Å². The van der Waals surface area contributed by atoms with Crippen molar-refractivity contribution in [1.29, 1.82) is 0 Å². The van der Waals surface area contributed by atoms with Gasteiger partial charge in [0.15, 0.2) is 5.16 Å². The van der Waals surface area contributed by atoms with E-state index in [-0.39, 0.29) is 23.7 Å². The summed E-state index contributed by atoms with van der Waals surface area (Å²) < 4.78 is 15.5. The van der Waals surface area contributed by atoms with Crippen molar-refractivity contribution in [2.45, 2.75) is 41.8 Å². The minimum atomic E-state index is -0.380. The second-order valence-corrected chi connectivity index (χ2v) is 7.19. The van der Waals surface area contributed by atoms with Crippen LogP contribution in [0.2, 0.25) is 0 Å². The highest BCUT2D eigenvalue weighted by Crippen LogP contribution is 2.34. The third kappa shape index (κ3) is 3.96. The Balaban J connectivity index is 1.78. The number of benzene rings is 1. The minimum absolute atomic E-state index is 0.0726. The van der Waals surface area contributed by atoms with Crippen LogP contribution in [0.3, 0.4) is 0 Å². The van der Waals surface area contributed by atoms with Crippen molar-refractivity contribution in [2.75, 3.05) is 5.32 Å². The summed E-state index contributed by atoms with van der Waals surface area (Å²) in [6.07, 6.45) is 6.97. The molecule has 3 rings (SSSR count). The number of carbonyl (C=O) groups excluding carboxylic acids is 1. The molecule has 0 radical (unpaired) electrons. The van der Waals surface area contributed by atoms with E-state index in [0.717, 1.165) is 29.3 Å². The maximum absolute atomic E-state index is 13.7. The molecule has 2 aromatic rings. The number of imidazole rings is 1. The van der Waals surface area contributed by atoms with Gasteiger partial charge in [0.05, 0.1) is 5.69 Å². The number of hydrogen-bond donors (Lipinski definition) is 2. The van der Waals surface area contributed by atoms with Gasteiger partial charge in [0.1, 0.15) is 5.82 Å². The molecular weight excluding hydrogens is 327 g/mol. The van der Waals surface area contributed by atoms with Crippen LogP contribution in [-0.2, 0) is 11.8 Å². The fourth-order valence-electron chi connectivity index (χ4n) is 2.94. The van der Waals surface area contributed by atoms with E-state index in [1.807, 2.05) is 17.8 Å². The number of nitrogens with zero attached hydrogens (tertiary/aromatic N) is 2. The van der Waals surface area contributed by atoms with E-state index >= 15 is 0 Å². The second kappa shape index (κ2) is 7.36. The summed E-state index contributed by atoms with van der Waals surface area (Å²) in [5.74, 6) is -0.574. The average Bonchev–Trinajstić information content (AvgIpc) is 2.95. The first-order chi connectivity index (χ1) is 11.5. The lowest BCUT2D eigenvalue weighted by Gasteiger charge is -2.26. The average molecular weight is 348 g/mol. The molecule has 1 aromatic carbocycles. The molecule has 1 saturated carbocycles. The number of nitrogens with two attached hydrogens (primary N) is 1. The number of rotatable bonds is 4. The molecule has 2 atom stereocenters. The van der Waals surface area contributed by atoms with Gasteiger partial charge in [-0.05, 0) is 49.2 Å². The van der Waals surface area contributed by atoms with Crippen LogP contribution in [0.1, 0.15) is 25.7 Å². The van der Waals surface area contributed by atoms with E-state index < -0.39 is 0 Å². The summed E-state index contributed by atoms with van der Waals surface area (Å²) >= 11 is 1.39. The van der Waals surface area contributed by atoms with Crippen LogP contribution in [0.4, 0.5) is 10.1 Å². The van der Waals surface area contributed by atoms with Crippen molar-refractivity contribution < 1.29 is 9.18 Å². The van der Waals surface area contributed by atoms with Gasteiger partial charge in [-0.1, -0.05) is 6.42 Å². The van der Waals surface area contributed by atoms with Crippen molar-refractivity contribution in [2.24, 2.45) is 18.7 Å². The molecule has 1 heterocycles. The molecule has 24 heavy (non-hydrogen) atoms. The molecule has 1 aromatic heterocycles. The van der Waals surface area contributed by atoms with E-state index in [2.05, 4.69) is 10.3 Å². The van der Waals surface area contributed by atoms with Gasteiger partial charge in [-0.25, -0.2) is 9.37 Å². The maximum atomic E-state index is 13.7. The smallest absolute Gasteiger partial charge is 0.227 e. The van der Waals surface area contributed by atoms with E-state index in [1.165, 1.54) is 23.9 Å². The zero-order chi connectivity index (χ0) is 17.1. The molecule has 0 aliphatic heterocycles. The molecular formula is C17H21FN4OS. The van der Waals surface area contributed by atoms with E-state index in [9.17, 15) is 9.18 Å². The van der Waals surface area contributed by atoms with Gasteiger partial charge >= 0.3 is 0 Å². The quantitative estimate of drug-likeness (QED) is 0.890. The number of anilines is 1. The molecule has 1 aliphatic rings. The Morgan fingerprint density at radius 2 is 2.29 bits per heavy atom. The Hall–Kier alpha value is -1.86. The lowest BCUT2D eigenvalue weighted by molar-refractivity contribution is -0.120. The molecule has 3 N–H and O–H groups in total. The maximum Gasteiger partial charge on any atom is 0.227 e. The molecule has 5 nitrogen and oxygen atoms in total. The highest BCUT2D eigenvalue weighted by molar-refractivity contribution is 7.99. The van der Waals surface area contributed by atoms with Crippen LogP contribution >= 0.6 is 11.8 Å². The highest BCUT2D eigenvalue weighted by atomic mass is 32.2. The van der Waals surface area contributed by atoms with Crippen LogP contribution in [-0.4, -0.2) is 21.5 Å². The van der Waals surface area contributed by atoms with Gasteiger partial charge in [-0.2, -0.15) is 0 Å². The summed E-state index contributed by atoms with van der Waals surface area (Å²) in [7, 11) is 1.89. The second-order valence-electron chi connectivity index (χ2n) is 6.18. The van der Waals surface area contributed by atoms with Crippen LogP contribution in [0, 0.1) is 11.7 Å². The summed E-state index contributed by atoms with van der Waals surface area (Å²) in [4.78, 5) is 17.5. The summed E-state index contributed by atoms with van der Waals surface area (Å²) in [6, 6.07) is 4.48. The predicted octanol–water partition coefficient (Wildman–Crippen LogP) is 3.17. The molecule has 2 unspecified atom stereocenters. The van der Waals surface area contributed by atoms with Gasteiger partial charge in [0.25, 0.3) is 0 Å². The third-order valence-corrected chi connectivity index (χ3v) is 5.42. The summed E-state index contributed by atoms with van der Waals surface area (Å²) in [6.45, 7) is 0. The Kier molecular flexibility index (Phi) is 5.20. The zero-order valence-electron chi connectivity index (χ0n) is 13.5. The Bertz CT molecular complexity index is 733. The molecule has 0 spiro atoms. The fraction of sp³-hybridized carbons (Fsp3) is 0.412. The molecule has 1 amide bonds.